The number of rotatable bonds is 9. The fourth-order valence-electron chi connectivity index (χ4n) is 2.26. The largest absolute Gasteiger partial charge is 0.462 e. The van der Waals surface area contributed by atoms with E-state index in [1.807, 2.05) is 0 Å². The molecule has 0 fully saturated rings. The summed E-state index contributed by atoms with van der Waals surface area (Å²) in [6, 6.07) is 9.27. The summed E-state index contributed by atoms with van der Waals surface area (Å²) in [5.74, 6) is -0.457. The lowest BCUT2D eigenvalue weighted by Crippen LogP contribution is -2.07. The van der Waals surface area contributed by atoms with Crippen molar-refractivity contribution < 1.29 is 41.7 Å². The van der Waals surface area contributed by atoms with Crippen molar-refractivity contribution >= 4 is 12.4 Å². The normalized spacial score (nSPS) is 11.4. The summed E-state index contributed by atoms with van der Waals surface area (Å²) in [6.45, 7) is 5.05. The monoisotopic (exact) mass is 434 g/mol. The molecule has 0 aliphatic carbocycles. The van der Waals surface area contributed by atoms with Crippen LogP contribution in [0.3, 0.4) is 0 Å². The van der Waals surface area contributed by atoms with Gasteiger partial charge in [0, 0.05) is 5.57 Å². The van der Waals surface area contributed by atoms with Crippen LogP contribution in [0.25, 0.3) is 11.1 Å². The Bertz CT molecular complexity index is 991. The third-order valence-electron chi connectivity index (χ3n) is 3.64. The molecule has 0 heterocycles. The minimum atomic E-state index is -4.64. The predicted octanol–water partition coefficient (Wildman–Crippen LogP) is 5.36. The molecular formula is C22H17F3O6. The van der Waals surface area contributed by atoms with Crippen molar-refractivity contribution in [3.8, 4) is 22.6 Å². The van der Waals surface area contributed by atoms with Crippen molar-refractivity contribution in [1.29, 1.82) is 0 Å². The summed E-state index contributed by atoms with van der Waals surface area (Å²) >= 11 is 0. The Hall–Kier alpha value is -4.01. The first kappa shape index (κ1) is 23.3. The van der Waals surface area contributed by atoms with E-state index in [0.29, 0.717) is 11.3 Å². The smallest absolute Gasteiger partial charge is 0.417 e. The number of hydrogen-bond acceptors (Lipinski definition) is 6. The first-order valence-electron chi connectivity index (χ1n) is 8.63. The van der Waals surface area contributed by atoms with Crippen molar-refractivity contribution in [2.45, 2.75) is 13.1 Å². The quantitative estimate of drug-likeness (QED) is 0.229. The van der Waals surface area contributed by atoms with E-state index in [1.54, 1.807) is 0 Å². The molecular weight excluding hydrogens is 417 g/mol. The summed E-state index contributed by atoms with van der Waals surface area (Å²) in [4.78, 5) is 21.3. The van der Waals surface area contributed by atoms with Gasteiger partial charge in [0.25, 0.3) is 6.47 Å². The third kappa shape index (κ3) is 7.07. The van der Waals surface area contributed by atoms with E-state index in [4.69, 9.17) is 9.47 Å². The van der Waals surface area contributed by atoms with Gasteiger partial charge in [-0.05, 0) is 42.3 Å². The minimum Gasteiger partial charge on any atom is -0.462 e. The average Bonchev–Trinajstić information content (AvgIpc) is 2.74. The second kappa shape index (κ2) is 10.7. The number of ether oxygens (including phenoxy) is 4. The summed E-state index contributed by atoms with van der Waals surface area (Å²) in [7, 11) is 0. The molecule has 162 valence electrons. The number of esters is 1. The number of carbonyl (C=O) groups excluding carboxylic acids is 2. The highest BCUT2D eigenvalue weighted by Crippen LogP contribution is 2.39. The van der Waals surface area contributed by atoms with E-state index in [1.165, 1.54) is 43.3 Å². The van der Waals surface area contributed by atoms with Crippen LogP contribution < -0.4 is 9.47 Å². The maximum atomic E-state index is 13.6. The molecule has 0 unspecified atom stereocenters. The molecule has 0 spiro atoms. The van der Waals surface area contributed by atoms with Crippen LogP contribution in [0, 0.1) is 0 Å². The summed E-state index contributed by atoms with van der Waals surface area (Å²) in [6.07, 6.45) is -0.669. The molecule has 0 N–H and O–H groups in total. The fourth-order valence-corrected chi connectivity index (χ4v) is 2.26. The van der Waals surface area contributed by atoms with Crippen LogP contribution in [0.15, 0.2) is 79.7 Å². The lowest BCUT2D eigenvalue weighted by Gasteiger charge is -2.15. The number of carbonyl (C=O) groups is 2. The highest BCUT2D eigenvalue weighted by molar-refractivity contribution is 5.87. The van der Waals surface area contributed by atoms with Gasteiger partial charge < -0.3 is 18.9 Å². The van der Waals surface area contributed by atoms with E-state index in [9.17, 15) is 22.8 Å². The van der Waals surface area contributed by atoms with Gasteiger partial charge in [0.15, 0.2) is 0 Å². The highest BCUT2D eigenvalue weighted by Gasteiger charge is 2.34. The van der Waals surface area contributed by atoms with Crippen LogP contribution in [0.5, 0.6) is 11.5 Å². The van der Waals surface area contributed by atoms with Gasteiger partial charge in [-0.25, -0.2) is 4.79 Å². The lowest BCUT2D eigenvalue weighted by atomic mass is 9.99. The van der Waals surface area contributed by atoms with Crippen LogP contribution in [-0.4, -0.2) is 12.4 Å². The van der Waals surface area contributed by atoms with Crippen LogP contribution in [0.2, 0.25) is 0 Å². The van der Waals surface area contributed by atoms with Gasteiger partial charge in [-0.3, -0.25) is 4.79 Å². The first-order chi connectivity index (χ1) is 14.7. The van der Waals surface area contributed by atoms with Crippen LogP contribution in [0.4, 0.5) is 13.2 Å². The first-order valence-corrected chi connectivity index (χ1v) is 8.63. The number of halogens is 3. The maximum Gasteiger partial charge on any atom is 0.417 e. The maximum absolute atomic E-state index is 13.6. The Morgan fingerprint density at radius 3 is 2.16 bits per heavy atom. The number of hydrogen-bond donors (Lipinski definition) is 0. The zero-order chi connectivity index (χ0) is 22.9. The highest BCUT2D eigenvalue weighted by atomic mass is 19.4. The topological polar surface area (TPSA) is 71.1 Å². The average molecular weight is 434 g/mol. The molecule has 0 aliphatic heterocycles. The van der Waals surface area contributed by atoms with Crippen LogP contribution in [-0.2, 0) is 25.2 Å². The molecule has 0 saturated heterocycles. The van der Waals surface area contributed by atoms with Gasteiger partial charge in [0.1, 0.15) is 36.5 Å². The zero-order valence-corrected chi connectivity index (χ0v) is 16.2. The van der Waals surface area contributed by atoms with E-state index < -0.39 is 17.7 Å². The Balaban J connectivity index is 2.20. The lowest BCUT2D eigenvalue weighted by molar-refractivity contribution is -0.137. The van der Waals surface area contributed by atoms with Crippen LogP contribution in [0.1, 0.15) is 12.5 Å². The van der Waals surface area contributed by atoms with Crippen molar-refractivity contribution in [2.75, 3.05) is 0 Å². The fraction of sp³-hybridized carbons (Fsp3) is 0.0909. The molecule has 31 heavy (non-hydrogen) atoms. The number of alkyl halides is 3. The van der Waals surface area contributed by atoms with Crippen LogP contribution >= 0.6 is 0 Å². The molecule has 2 aromatic carbocycles. The van der Waals surface area contributed by atoms with Gasteiger partial charge in [-0.15, -0.1) is 0 Å². The Morgan fingerprint density at radius 2 is 1.55 bits per heavy atom. The predicted molar refractivity (Wildman–Crippen MR) is 104 cm³/mol. The summed E-state index contributed by atoms with van der Waals surface area (Å²) < 4.78 is 60.0. The minimum absolute atomic E-state index is 0.0658. The molecule has 2 aromatic rings. The molecule has 9 heteroatoms. The SMILES string of the molecule is C=C(C)C(=O)O/C=C\Oc1ccc(-c2ccc(O/C=C\OC=O)cc2)c(C(F)(F)F)c1. The zero-order valence-electron chi connectivity index (χ0n) is 16.2. The second-order valence-electron chi connectivity index (χ2n) is 5.93. The van der Waals surface area contributed by atoms with Gasteiger partial charge in [-0.2, -0.15) is 13.2 Å². The van der Waals surface area contributed by atoms with Crippen molar-refractivity contribution in [1.82, 2.24) is 0 Å². The molecule has 0 radical (unpaired) electrons. The second-order valence-corrected chi connectivity index (χ2v) is 5.93. The van der Waals surface area contributed by atoms with Crippen molar-refractivity contribution in [3.63, 3.8) is 0 Å². The molecule has 0 bridgehead atoms. The molecule has 0 atom stereocenters. The Morgan fingerprint density at radius 1 is 0.935 bits per heavy atom. The standard InChI is InChI=1S/C22H17F3O6/c1-15(2)21(27)31-12-11-30-18-7-8-19(20(13-18)22(23,24)25)16-3-5-17(6-4-16)29-10-9-28-14-26/h3-14H,1H2,2H3/b10-9-,12-11-. The van der Waals surface area contributed by atoms with E-state index in [2.05, 4.69) is 16.1 Å². The Kier molecular flexibility index (Phi) is 8.01. The number of benzene rings is 2. The molecule has 6 nitrogen and oxygen atoms in total. The van der Waals surface area contributed by atoms with Crippen molar-refractivity contribution in [3.05, 3.63) is 85.2 Å². The molecule has 2 rings (SSSR count). The van der Waals surface area contributed by atoms with Gasteiger partial charge in [0.2, 0.25) is 0 Å². The van der Waals surface area contributed by atoms with E-state index >= 15 is 0 Å². The molecule has 0 aliphatic rings. The Labute approximate surface area is 175 Å². The van der Waals surface area contributed by atoms with E-state index in [-0.39, 0.29) is 23.4 Å². The third-order valence-corrected chi connectivity index (χ3v) is 3.64. The molecule has 0 aromatic heterocycles. The van der Waals surface area contributed by atoms with Crippen molar-refractivity contribution in [2.24, 2.45) is 0 Å². The summed E-state index contributed by atoms with van der Waals surface area (Å²) in [5.41, 5.74) is -0.519. The van der Waals surface area contributed by atoms with Gasteiger partial charge >= 0.3 is 12.1 Å². The van der Waals surface area contributed by atoms with Gasteiger partial charge in [-0.1, -0.05) is 24.8 Å². The van der Waals surface area contributed by atoms with Gasteiger partial charge in [0.05, 0.1) is 5.56 Å². The molecule has 0 saturated carbocycles. The summed E-state index contributed by atoms with van der Waals surface area (Å²) in [5, 5.41) is 0. The van der Waals surface area contributed by atoms with E-state index in [0.717, 1.165) is 31.1 Å². The molecule has 0 amide bonds.